The summed E-state index contributed by atoms with van der Waals surface area (Å²) in [7, 11) is 0. The number of nitrogens with one attached hydrogen (secondary N) is 1. The molecule has 3 rings (SSSR count). The highest BCUT2D eigenvalue weighted by molar-refractivity contribution is 5.26. The van der Waals surface area contributed by atoms with Crippen LogP contribution in [0.15, 0.2) is 24.3 Å². The molecule has 21 heavy (non-hydrogen) atoms. The van der Waals surface area contributed by atoms with Crippen LogP contribution in [-0.2, 0) is 0 Å². The normalized spacial score (nSPS) is 28.2. The van der Waals surface area contributed by atoms with Crippen LogP contribution in [0.4, 0.5) is 0 Å². The number of nitrogens with zero attached hydrogens (tertiary/aromatic N) is 1. The molecule has 0 amide bonds. The summed E-state index contributed by atoms with van der Waals surface area (Å²) in [6.07, 6.45) is 4.14. The lowest BCUT2D eigenvalue weighted by Crippen LogP contribution is -2.35. The van der Waals surface area contributed by atoms with E-state index >= 15 is 0 Å². The maximum Gasteiger partial charge on any atom is 0.0294 e. The van der Waals surface area contributed by atoms with E-state index < -0.39 is 0 Å². The molecule has 2 fully saturated rings. The summed E-state index contributed by atoms with van der Waals surface area (Å²) in [5.41, 5.74) is 2.84. The SMILES string of the molecule is CC(C)c1ccc(C(C)NC2CC(C)N(C3CC3)C2)cc1. The molecular formula is C19H30N2. The van der Waals surface area contributed by atoms with Crippen LogP contribution < -0.4 is 5.32 Å². The minimum atomic E-state index is 0.447. The van der Waals surface area contributed by atoms with Crippen molar-refractivity contribution in [3.8, 4) is 0 Å². The molecule has 0 aromatic heterocycles. The van der Waals surface area contributed by atoms with Gasteiger partial charge in [-0.15, -0.1) is 0 Å². The van der Waals surface area contributed by atoms with Gasteiger partial charge in [0.2, 0.25) is 0 Å². The molecule has 3 atom stereocenters. The highest BCUT2D eigenvalue weighted by atomic mass is 15.3. The Kier molecular flexibility index (Phi) is 4.37. The van der Waals surface area contributed by atoms with E-state index in [0.717, 1.165) is 12.1 Å². The predicted octanol–water partition coefficient (Wildman–Crippen LogP) is 4.09. The topological polar surface area (TPSA) is 15.3 Å². The van der Waals surface area contributed by atoms with Crippen molar-refractivity contribution in [3.63, 3.8) is 0 Å². The standard InChI is InChI=1S/C19H30N2/c1-13(2)16-5-7-17(8-6-16)15(4)20-18-11-14(3)21(12-18)19-9-10-19/h5-8,13-15,18-20H,9-12H2,1-4H3. The number of benzene rings is 1. The minimum absolute atomic E-state index is 0.447. The van der Waals surface area contributed by atoms with Crippen molar-refractivity contribution in [1.82, 2.24) is 10.2 Å². The summed E-state index contributed by atoms with van der Waals surface area (Å²) < 4.78 is 0. The van der Waals surface area contributed by atoms with E-state index in [1.54, 1.807) is 0 Å². The zero-order chi connectivity index (χ0) is 15.0. The number of hydrogen-bond acceptors (Lipinski definition) is 2. The Bertz CT molecular complexity index is 461. The molecule has 2 aliphatic rings. The highest BCUT2D eigenvalue weighted by Gasteiger charge is 2.38. The van der Waals surface area contributed by atoms with E-state index in [2.05, 4.69) is 62.2 Å². The summed E-state index contributed by atoms with van der Waals surface area (Å²) in [6, 6.07) is 11.9. The summed E-state index contributed by atoms with van der Waals surface area (Å²) in [4.78, 5) is 2.71. The third kappa shape index (κ3) is 3.49. The maximum atomic E-state index is 3.85. The lowest BCUT2D eigenvalue weighted by atomic mass is 9.99. The van der Waals surface area contributed by atoms with Gasteiger partial charge in [0.05, 0.1) is 0 Å². The summed E-state index contributed by atoms with van der Waals surface area (Å²) in [5, 5.41) is 3.85. The Morgan fingerprint density at radius 3 is 2.24 bits per heavy atom. The van der Waals surface area contributed by atoms with Crippen LogP contribution in [0, 0.1) is 0 Å². The fourth-order valence-corrected chi connectivity index (χ4v) is 3.71. The van der Waals surface area contributed by atoms with Gasteiger partial charge < -0.3 is 5.32 Å². The van der Waals surface area contributed by atoms with Crippen molar-refractivity contribution in [3.05, 3.63) is 35.4 Å². The zero-order valence-corrected chi connectivity index (χ0v) is 14.0. The highest BCUT2D eigenvalue weighted by Crippen LogP contribution is 2.33. The number of hydrogen-bond donors (Lipinski definition) is 1. The second-order valence-corrected chi connectivity index (χ2v) is 7.42. The molecule has 116 valence electrons. The van der Waals surface area contributed by atoms with Crippen LogP contribution in [0.1, 0.15) is 70.0 Å². The average molecular weight is 286 g/mol. The first kappa shape index (κ1) is 15.1. The molecule has 1 aliphatic carbocycles. The van der Waals surface area contributed by atoms with Crippen molar-refractivity contribution in [1.29, 1.82) is 0 Å². The fourth-order valence-electron chi connectivity index (χ4n) is 3.71. The Hall–Kier alpha value is -0.860. The smallest absolute Gasteiger partial charge is 0.0294 e. The van der Waals surface area contributed by atoms with Crippen LogP contribution in [0.5, 0.6) is 0 Å². The number of rotatable bonds is 5. The number of likely N-dealkylation sites (tertiary alicyclic amines) is 1. The van der Waals surface area contributed by atoms with Crippen LogP contribution >= 0.6 is 0 Å². The molecule has 1 aliphatic heterocycles. The van der Waals surface area contributed by atoms with Gasteiger partial charge in [0.25, 0.3) is 0 Å². The molecule has 2 nitrogen and oxygen atoms in total. The van der Waals surface area contributed by atoms with Crippen LogP contribution in [0.25, 0.3) is 0 Å². The summed E-state index contributed by atoms with van der Waals surface area (Å²) in [5.74, 6) is 0.616. The quantitative estimate of drug-likeness (QED) is 0.877. The molecule has 1 aromatic rings. The second kappa shape index (κ2) is 6.10. The zero-order valence-electron chi connectivity index (χ0n) is 14.0. The lowest BCUT2D eigenvalue weighted by molar-refractivity contribution is 0.254. The molecule has 0 bridgehead atoms. The van der Waals surface area contributed by atoms with Gasteiger partial charge in [-0.25, -0.2) is 0 Å². The molecule has 3 unspecified atom stereocenters. The van der Waals surface area contributed by atoms with Gasteiger partial charge in [-0.05, 0) is 50.2 Å². The van der Waals surface area contributed by atoms with Crippen LogP contribution in [0.2, 0.25) is 0 Å². The van der Waals surface area contributed by atoms with E-state index in [0.29, 0.717) is 18.0 Å². The van der Waals surface area contributed by atoms with E-state index in [4.69, 9.17) is 0 Å². The molecule has 1 heterocycles. The second-order valence-electron chi connectivity index (χ2n) is 7.42. The Morgan fingerprint density at radius 2 is 1.67 bits per heavy atom. The van der Waals surface area contributed by atoms with Crippen molar-refractivity contribution < 1.29 is 0 Å². The summed E-state index contributed by atoms with van der Waals surface area (Å²) in [6.45, 7) is 10.4. The predicted molar refractivity (Wildman–Crippen MR) is 89.7 cm³/mol. The molecule has 1 N–H and O–H groups in total. The van der Waals surface area contributed by atoms with Gasteiger partial charge in [0.1, 0.15) is 0 Å². The van der Waals surface area contributed by atoms with Crippen molar-refractivity contribution >= 4 is 0 Å². The van der Waals surface area contributed by atoms with Crippen LogP contribution in [0.3, 0.4) is 0 Å². The monoisotopic (exact) mass is 286 g/mol. The van der Waals surface area contributed by atoms with E-state index in [1.165, 1.54) is 36.9 Å². The van der Waals surface area contributed by atoms with Gasteiger partial charge in [-0.3, -0.25) is 4.90 Å². The Morgan fingerprint density at radius 1 is 1.05 bits per heavy atom. The van der Waals surface area contributed by atoms with E-state index in [-0.39, 0.29) is 0 Å². The molecule has 1 saturated carbocycles. The molecule has 2 heteroatoms. The van der Waals surface area contributed by atoms with Gasteiger partial charge >= 0.3 is 0 Å². The van der Waals surface area contributed by atoms with Crippen molar-refractivity contribution in [2.24, 2.45) is 0 Å². The first-order chi connectivity index (χ1) is 10.0. The molecule has 1 aromatic carbocycles. The first-order valence-electron chi connectivity index (χ1n) is 8.66. The fraction of sp³-hybridized carbons (Fsp3) is 0.684. The molecule has 1 saturated heterocycles. The van der Waals surface area contributed by atoms with Crippen molar-refractivity contribution in [2.75, 3.05) is 6.54 Å². The molecular weight excluding hydrogens is 256 g/mol. The third-order valence-corrected chi connectivity index (χ3v) is 5.23. The summed E-state index contributed by atoms with van der Waals surface area (Å²) >= 11 is 0. The van der Waals surface area contributed by atoms with E-state index in [9.17, 15) is 0 Å². The minimum Gasteiger partial charge on any atom is -0.306 e. The maximum absolute atomic E-state index is 3.85. The molecule has 0 radical (unpaired) electrons. The Labute approximate surface area is 129 Å². The van der Waals surface area contributed by atoms with Crippen LogP contribution in [-0.4, -0.2) is 29.6 Å². The Balaban J connectivity index is 1.57. The van der Waals surface area contributed by atoms with Gasteiger partial charge in [-0.2, -0.15) is 0 Å². The lowest BCUT2D eigenvalue weighted by Gasteiger charge is -2.21. The largest absolute Gasteiger partial charge is 0.306 e. The molecule has 0 spiro atoms. The first-order valence-corrected chi connectivity index (χ1v) is 8.66. The van der Waals surface area contributed by atoms with Crippen molar-refractivity contribution in [2.45, 2.75) is 77.0 Å². The van der Waals surface area contributed by atoms with E-state index in [1.807, 2.05) is 0 Å². The average Bonchev–Trinajstić information content (AvgIpc) is 3.23. The van der Waals surface area contributed by atoms with Gasteiger partial charge in [-0.1, -0.05) is 38.1 Å². The van der Waals surface area contributed by atoms with Gasteiger partial charge in [0, 0.05) is 30.7 Å². The van der Waals surface area contributed by atoms with Gasteiger partial charge in [0.15, 0.2) is 0 Å². The third-order valence-electron chi connectivity index (χ3n) is 5.23.